The molecule has 0 saturated carbocycles. The van der Waals surface area contributed by atoms with Crippen LogP contribution in [0.15, 0.2) is 41.3 Å². The van der Waals surface area contributed by atoms with Gasteiger partial charge in [-0.3, -0.25) is 14.4 Å². The molecule has 1 aliphatic heterocycles. The Morgan fingerprint density at radius 2 is 1.95 bits per heavy atom. The second-order valence-corrected chi connectivity index (χ2v) is 10.9. The number of aryl methyl sites for hydroxylation is 1. The summed E-state index contributed by atoms with van der Waals surface area (Å²) < 4.78 is 46.9. The molecule has 0 unspecified atom stereocenters. The molecule has 1 amide bonds. The molecule has 0 radical (unpaired) electrons. The van der Waals surface area contributed by atoms with E-state index in [1.54, 1.807) is 42.2 Å². The van der Waals surface area contributed by atoms with E-state index < -0.39 is 30.1 Å². The van der Waals surface area contributed by atoms with Crippen molar-refractivity contribution in [2.75, 3.05) is 18.4 Å². The van der Waals surface area contributed by atoms with Gasteiger partial charge in [-0.2, -0.15) is 28.2 Å². The minimum Gasteiger partial charge on any atom is -0.341 e. The van der Waals surface area contributed by atoms with Crippen LogP contribution in [0, 0.1) is 0 Å². The Morgan fingerprint density at radius 1 is 1.15 bits per heavy atom. The summed E-state index contributed by atoms with van der Waals surface area (Å²) in [4.78, 5) is 31.4. The van der Waals surface area contributed by atoms with Crippen molar-refractivity contribution >= 4 is 17.7 Å². The molecule has 0 saturated heterocycles. The molecule has 216 valence electrons. The fourth-order valence-corrected chi connectivity index (χ4v) is 4.48. The number of nitrogens with zero attached hydrogens (tertiary/aromatic N) is 8. The second kappa shape index (κ2) is 10.9. The van der Waals surface area contributed by atoms with E-state index in [-0.39, 0.29) is 31.3 Å². The van der Waals surface area contributed by atoms with E-state index in [0.717, 1.165) is 0 Å². The molecule has 41 heavy (non-hydrogen) atoms. The topological polar surface area (TPSA) is 140 Å². The second-order valence-electron chi connectivity index (χ2n) is 10.9. The molecule has 0 bridgehead atoms. The molecule has 2 N–H and O–H groups in total. The smallest absolute Gasteiger partial charge is 0.341 e. The highest BCUT2D eigenvalue weighted by molar-refractivity contribution is 5.89. The quantitative estimate of drug-likeness (QED) is 0.350. The third kappa shape index (κ3) is 6.85. The van der Waals surface area contributed by atoms with Crippen LogP contribution in [-0.2, 0) is 19.0 Å². The van der Waals surface area contributed by atoms with Crippen LogP contribution in [0.25, 0.3) is 11.4 Å². The standard InChI is InChI=1S/C26H29F3N10O2/c1-25(2,3)23-35-22(41-37-23)21(40)32-18-7-10-39(13-26(27,28)29)12-16-11-15(5-6-17(16)18)20-30-14-31-24(34-20)33-19-8-9-38(4)36-19/h5-6,8-9,11,14,18H,7,10,12-13H2,1-4H3,(H,32,40)(H,30,31,33,34,36)/t18-/m0/s1. The van der Waals surface area contributed by atoms with Gasteiger partial charge >= 0.3 is 18.0 Å². The lowest BCUT2D eigenvalue weighted by Gasteiger charge is -2.22. The molecular formula is C26H29F3N10O2. The van der Waals surface area contributed by atoms with Crippen molar-refractivity contribution in [3.63, 3.8) is 0 Å². The number of amides is 1. The SMILES string of the molecule is Cn1ccc(Nc2ncnc(-c3ccc4c(c3)CN(CC(F)(F)F)CC[C@@H]4NC(=O)c3nc(C(C)(C)C)no3)n2)n1. The predicted octanol–water partition coefficient (Wildman–Crippen LogP) is 3.94. The number of carbonyl (C=O) groups excluding carboxylic acids is 1. The zero-order valence-electron chi connectivity index (χ0n) is 22.9. The van der Waals surface area contributed by atoms with Crippen LogP contribution in [-0.4, -0.2) is 64.9 Å². The number of benzene rings is 1. The maximum atomic E-state index is 13.4. The van der Waals surface area contributed by atoms with E-state index in [1.165, 1.54) is 11.2 Å². The molecule has 0 spiro atoms. The van der Waals surface area contributed by atoms with Crippen LogP contribution < -0.4 is 10.6 Å². The normalized spacial score (nSPS) is 16.2. The molecule has 3 aromatic heterocycles. The van der Waals surface area contributed by atoms with Crippen LogP contribution >= 0.6 is 0 Å². The van der Waals surface area contributed by atoms with Gasteiger partial charge in [0.2, 0.25) is 5.95 Å². The van der Waals surface area contributed by atoms with Gasteiger partial charge in [-0.25, -0.2) is 9.97 Å². The number of alkyl halides is 3. The van der Waals surface area contributed by atoms with Crippen LogP contribution in [0.3, 0.4) is 0 Å². The number of halogens is 3. The number of aromatic nitrogens is 7. The first-order valence-corrected chi connectivity index (χ1v) is 12.9. The number of anilines is 2. The van der Waals surface area contributed by atoms with Crippen molar-refractivity contribution in [1.29, 1.82) is 0 Å². The average molecular weight is 571 g/mol. The van der Waals surface area contributed by atoms with Crippen molar-refractivity contribution in [3.8, 4) is 11.4 Å². The Bertz CT molecular complexity index is 1540. The summed E-state index contributed by atoms with van der Waals surface area (Å²) in [6, 6.07) is 6.45. The molecule has 1 atom stereocenters. The van der Waals surface area contributed by atoms with E-state index in [0.29, 0.717) is 34.2 Å². The lowest BCUT2D eigenvalue weighted by molar-refractivity contribution is -0.147. The first-order chi connectivity index (χ1) is 19.3. The van der Waals surface area contributed by atoms with Gasteiger partial charge in [0, 0.05) is 43.4 Å². The molecule has 15 heteroatoms. The van der Waals surface area contributed by atoms with Gasteiger partial charge in [-0.15, -0.1) is 0 Å². The molecule has 0 fully saturated rings. The van der Waals surface area contributed by atoms with Gasteiger partial charge in [0.15, 0.2) is 17.5 Å². The summed E-state index contributed by atoms with van der Waals surface area (Å²) in [6.07, 6.45) is -1.03. The summed E-state index contributed by atoms with van der Waals surface area (Å²) in [5.74, 6) is 0.710. The van der Waals surface area contributed by atoms with Crippen LogP contribution in [0.1, 0.15) is 60.9 Å². The zero-order chi connectivity index (χ0) is 29.4. The lowest BCUT2D eigenvalue weighted by Crippen LogP contribution is -2.35. The van der Waals surface area contributed by atoms with Gasteiger partial charge in [0.05, 0.1) is 12.6 Å². The van der Waals surface area contributed by atoms with Crippen molar-refractivity contribution in [1.82, 2.24) is 45.1 Å². The zero-order valence-corrected chi connectivity index (χ0v) is 22.9. The van der Waals surface area contributed by atoms with Crippen LogP contribution in [0.4, 0.5) is 24.9 Å². The molecule has 5 rings (SSSR count). The van der Waals surface area contributed by atoms with Gasteiger partial charge in [0.1, 0.15) is 6.33 Å². The van der Waals surface area contributed by atoms with E-state index in [9.17, 15) is 18.0 Å². The number of carbonyl (C=O) groups is 1. The first kappa shape index (κ1) is 28.1. The summed E-state index contributed by atoms with van der Waals surface area (Å²) in [7, 11) is 1.78. The Morgan fingerprint density at radius 3 is 2.63 bits per heavy atom. The fourth-order valence-electron chi connectivity index (χ4n) is 4.48. The molecule has 0 aliphatic carbocycles. The lowest BCUT2D eigenvalue weighted by atomic mass is 9.96. The molecular weight excluding hydrogens is 541 g/mol. The molecule has 4 heterocycles. The van der Waals surface area contributed by atoms with Gasteiger partial charge < -0.3 is 15.2 Å². The van der Waals surface area contributed by atoms with E-state index >= 15 is 0 Å². The Kier molecular flexibility index (Phi) is 7.46. The third-order valence-electron chi connectivity index (χ3n) is 6.43. The van der Waals surface area contributed by atoms with E-state index in [2.05, 4.69) is 40.8 Å². The Hall–Kier alpha value is -4.40. The largest absolute Gasteiger partial charge is 0.401 e. The van der Waals surface area contributed by atoms with Gasteiger partial charge in [-0.1, -0.05) is 38.1 Å². The summed E-state index contributed by atoms with van der Waals surface area (Å²) in [6.45, 7) is 4.71. The number of hydrogen-bond acceptors (Lipinski definition) is 10. The predicted molar refractivity (Wildman–Crippen MR) is 141 cm³/mol. The number of fused-ring (bicyclic) bond motifs is 1. The van der Waals surface area contributed by atoms with Crippen molar-refractivity contribution < 1.29 is 22.5 Å². The molecule has 1 aromatic carbocycles. The average Bonchev–Trinajstić information content (AvgIpc) is 3.52. The highest BCUT2D eigenvalue weighted by Gasteiger charge is 2.34. The van der Waals surface area contributed by atoms with Crippen molar-refractivity contribution in [2.24, 2.45) is 7.05 Å². The highest BCUT2D eigenvalue weighted by Crippen LogP contribution is 2.32. The van der Waals surface area contributed by atoms with Gasteiger partial charge in [-0.05, 0) is 23.6 Å². The number of hydrogen-bond donors (Lipinski definition) is 2. The Balaban J connectivity index is 1.43. The maximum absolute atomic E-state index is 13.4. The van der Waals surface area contributed by atoms with E-state index in [4.69, 9.17) is 4.52 Å². The minimum atomic E-state index is -4.38. The number of rotatable bonds is 6. The van der Waals surface area contributed by atoms with E-state index in [1.807, 2.05) is 20.8 Å². The van der Waals surface area contributed by atoms with Crippen LogP contribution in [0.5, 0.6) is 0 Å². The first-order valence-electron chi connectivity index (χ1n) is 12.9. The molecule has 1 aliphatic rings. The summed E-state index contributed by atoms with van der Waals surface area (Å²) in [5.41, 5.74) is 1.45. The van der Waals surface area contributed by atoms with Gasteiger partial charge in [0.25, 0.3) is 0 Å². The van der Waals surface area contributed by atoms with Crippen LogP contribution in [0.2, 0.25) is 0 Å². The summed E-state index contributed by atoms with van der Waals surface area (Å²) in [5, 5.41) is 14.0. The summed E-state index contributed by atoms with van der Waals surface area (Å²) >= 11 is 0. The number of nitrogens with one attached hydrogen (secondary N) is 2. The minimum absolute atomic E-state index is 0.0217. The van der Waals surface area contributed by atoms with Crippen molar-refractivity contribution in [3.05, 3.63) is 59.6 Å². The fraction of sp³-hybridized carbons (Fsp3) is 0.423. The Labute approximate surface area is 233 Å². The molecule has 4 aromatic rings. The third-order valence-corrected chi connectivity index (χ3v) is 6.43. The van der Waals surface area contributed by atoms with Crippen molar-refractivity contribution in [2.45, 2.75) is 51.4 Å². The highest BCUT2D eigenvalue weighted by atomic mass is 19.4. The monoisotopic (exact) mass is 570 g/mol. The maximum Gasteiger partial charge on any atom is 0.401 e. The molecule has 12 nitrogen and oxygen atoms in total.